The molecule has 2 N–H and O–H groups in total. The fourth-order valence-electron chi connectivity index (χ4n) is 1.63. The van der Waals surface area contributed by atoms with Crippen LogP contribution in [0.25, 0.3) is 0 Å². The van der Waals surface area contributed by atoms with Gasteiger partial charge in [-0.1, -0.05) is 11.6 Å². The normalized spacial score (nSPS) is 19.1. The lowest BCUT2D eigenvalue weighted by atomic mass is 10.3. The Bertz CT molecular complexity index is 402. The van der Waals surface area contributed by atoms with Gasteiger partial charge in [0.15, 0.2) is 0 Å². The summed E-state index contributed by atoms with van der Waals surface area (Å²) in [5, 5.41) is 5.49. The van der Waals surface area contributed by atoms with E-state index >= 15 is 0 Å². The van der Waals surface area contributed by atoms with Crippen LogP contribution in [0.3, 0.4) is 0 Å². The molecule has 0 aliphatic carbocycles. The third-order valence-electron chi connectivity index (χ3n) is 2.39. The smallest absolute Gasteiger partial charge is 0.319 e. The monoisotopic (exact) mass is 258 g/mol. The molecule has 4 nitrogen and oxygen atoms in total. The van der Waals surface area contributed by atoms with Crippen molar-refractivity contribution in [1.82, 2.24) is 5.32 Å². The van der Waals surface area contributed by atoms with E-state index in [0.29, 0.717) is 18.9 Å². The number of halogens is 2. The van der Waals surface area contributed by atoms with E-state index in [9.17, 15) is 9.18 Å². The molecule has 1 unspecified atom stereocenters. The predicted molar refractivity (Wildman–Crippen MR) is 62.8 cm³/mol. The summed E-state index contributed by atoms with van der Waals surface area (Å²) in [7, 11) is 0. The van der Waals surface area contributed by atoms with Crippen LogP contribution in [-0.2, 0) is 4.74 Å². The molecule has 0 spiro atoms. The van der Waals surface area contributed by atoms with Gasteiger partial charge in [0.25, 0.3) is 0 Å². The molecule has 1 fully saturated rings. The second-order valence-electron chi connectivity index (χ2n) is 3.82. The number of ether oxygens (including phenoxy) is 1. The van der Waals surface area contributed by atoms with Crippen LogP contribution in [0.5, 0.6) is 0 Å². The molecule has 0 aromatic heterocycles. The molecule has 1 atom stereocenters. The van der Waals surface area contributed by atoms with Gasteiger partial charge in [0.2, 0.25) is 0 Å². The van der Waals surface area contributed by atoms with E-state index in [2.05, 4.69) is 10.6 Å². The van der Waals surface area contributed by atoms with Gasteiger partial charge in [-0.15, -0.1) is 0 Å². The number of benzene rings is 1. The zero-order valence-corrected chi connectivity index (χ0v) is 9.76. The lowest BCUT2D eigenvalue weighted by Gasteiger charge is -2.12. The van der Waals surface area contributed by atoms with E-state index in [1.807, 2.05) is 0 Å². The minimum Gasteiger partial charge on any atom is -0.379 e. The molecule has 1 saturated heterocycles. The van der Waals surface area contributed by atoms with Gasteiger partial charge in [-0.3, -0.25) is 0 Å². The summed E-state index contributed by atoms with van der Waals surface area (Å²) >= 11 is 5.67. The van der Waals surface area contributed by atoms with Gasteiger partial charge >= 0.3 is 6.03 Å². The molecule has 0 saturated carbocycles. The highest BCUT2D eigenvalue weighted by Gasteiger charge is 2.17. The lowest BCUT2D eigenvalue weighted by molar-refractivity contribution is 0.189. The van der Waals surface area contributed by atoms with Gasteiger partial charge in [0, 0.05) is 17.3 Å². The maximum atomic E-state index is 13.0. The third-order valence-corrected chi connectivity index (χ3v) is 2.60. The summed E-state index contributed by atoms with van der Waals surface area (Å²) in [5.74, 6) is -0.489. The number of rotatable bonds is 2. The van der Waals surface area contributed by atoms with Gasteiger partial charge in [-0.25, -0.2) is 9.18 Å². The van der Waals surface area contributed by atoms with Crippen LogP contribution in [0.1, 0.15) is 6.42 Å². The lowest BCUT2D eigenvalue weighted by Crippen LogP contribution is -2.38. The Hall–Kier alpha value is -1.33. The van der Waals surface area contributed by atoms with Crippen molar-refractivity contribution < 1.29 is 13.9 Å². The zero-order chi connectivity index (χ0) is 12.3. The topological polar surface area (TPSA) is 50.4 Å². The van der Waals surface area contributed by atoms with Crippen LogP contribution in [0.15, 0.2) is 18.2 Å². The minimum atomic E-state index is -0.489. The Labute approximate surface area is 103 Å². The molecule has 0 bridgehead atoms. The van der Waals surface area contributed by atoms with Gasteiger partial charge in [-0.2, -0.15) is 0 Å². The van der Waals surface area contributed by atoms with Crippen molar-refractivity contribution in [2.24, 2.45) is 0 Å². The van der Waals surface area contributed by atoms with Crippen LogP contribution in [0.4, 0.5) is 14.9 Å². The van der Waals surface area contributed by atoms with Crippen LogP contribution in [0, 0.1) is 5.82 Å². The van der Waals surface area contributed by atoms with E-state index in [0.717, 1.165) is 6.42 Å². The third kappa shape index (κ3) is 3.57. The first-order chi connectivity index (χ1) is 8.13. The summed E-state index contributed by atoms with van der Waals surface area (Å²) < 4.78 is 18.1. The standard InChI is InChI=1S/C11H12ClFN2O2/c12-7-3-8(13)5-10(4-7)15-11(16)14-9-1-2-17-6-9/h3-5,9H,1-2,6H2,(H2,14,15,16). The number of urea groups is 1. The number of carbonyl (C=O) groups excluding carboxylic acids is 1. The fraction of sp³-hybridized carbons (Fsp3) is 0.364. The van der Waals surface area contributed by atoms with Crippen LogP contribution < -0.4 is 10.6 Å². The molecule has 6 heteroatoms. The number of hydrogen-bond acceptors (Lipinski definition) is 2. The molecule has 17 heavy (non-hydrogen) atoms. The molecule has 2 rings (SSSR count). The average Bonchev–Trinajstić information content (AvgIpc) is 2.67. The molecule has 1 heterocycles. The number of carbonyl (C=O) groups is 1. The van der Waals surface area contributed by atoms with Crippen molar-refractivity contribution in [2.75, 3.05) is 18.5 Å². The van der Waals surface area contributed by atoms with Gasteiger partial charge in [-0.05, 0) is 24.6 Å². The number of anilines is 1. The number of hydrogen-bond donors (Lipinski definition) is 2. The second kappa shape index (κ2) is 5.33. The highest BCUT2D eigenvalue weighted by atomic mass is 35.5. The van der Waals surface area contributed by atoms with Gasteiger partial charge in [0.05, 0.1) is 12.6 Å². The van der Waals surface area contributed by atoms with Gasteiger partial charge in [0.1, 0.15) is 5.82 Å². The largest absolute Gasteiger partial charge is 0.379 e. The Balaban J connectivity index is 1.92. The molecular weight excluding hydrogens is 247 g/mol. The quantitative estimate of drug-likeness (QED) is 0.856. The second-order valence-corrected chi connectivity index (χ2v) is 4.25. The van der Waals surface area contributed by atoms with Crippen molar-refractivity contribution in [3.63, 3.8) is 0 Å². The summed E-state index contributed by atoms with van der Waals surface area (Å²) in [4.78, 5) is 11.5. The first kappa shape index (κ1) is 12.1. The van der Waals surface area contributed by atoms with Crippen molar-refractivity contribution in [3.05, 3.63) is 29.0 Å². The maximum absolute atomic E-state index is 13.0. The summed E-state index contributed by atoms with van der Waals surface area (Å²) in [6.45, 7) is 1.16. The number of nitrogens with one attached hydrogen (secondary N) is 2. The minimum absolute atomic E-state index is 0.0130. The highest BCUT2D eigenvalue weighted by Crippen LogP contribution is 2.18. The van der Waals surface area contributed by atoms with E-state index < -0.39 is 5.82 Å². The predicted octanol–water partition coefficient (Wildman–Crippen LogP) is 2.39. The Morgan fingerprint density at radius 3 is 2.94 bits per heavy atom. The van der Waals surface area contributed by atoms with Crippen LogP contribution in [-0.4, -0.2) is 25.3 Å². The molecule has 1 aliphatic heterocycles. The Morgan fingerprint density at radius 1 is 1.47 bits per heavy atom. The first-order valence-corrected chi connectivity index (χ1v) is 5.62. The van der Waals surface area contributed by atoms with E-state index in [-0.39, 0.29) is 17.1 Å². The van der Waals surface area contributed by atoms with Crippen molar-refractivity contribution in [1.29, 1.82) is 0 Å². The molecule has 1 aromatic carbocycles. The summed E-state index contributed by atoms with van der Waals surface area (Å²) in [6.07, 6.45) is 0.789. The van der Waals surface area contributed by atoms with Crippen LogP contribution >= 0.6 is 11.6 Å². The van der Waals surface area contributed by atoms with Gasteiger partial charge < -0.3 is 15.4 Å². The number of amides is 2. The summed E-state index contributed by atoms with van der Waals surface area (Å²) in [6, 6.07) is 3.49. The SMILES string of the molecule is O=C(Nc1cc(F)cc(Cl)c1)NC1CCOC1. The van der Waals surface area contributed by atoms with Crippen LogP contribution in [0.2, 0.25) is 5.02 Å². The molecule has 1 aliphatic rings. The maximum Gasteiger partial charge on any atom is 0.319 e. The first-order valence-electron chi connectivity index (χ1n) is 5.25. The molecule has 2 amide bonds. The van der Waals surface area contributed by atoms with E-state index in [1.54, 1.807) is 0 Å². The zero-order valence-electron chi connectivity index (χ0n) is 9.00. The summed E-state index contributed by atoms with van der Waals surface area (Å²) in [5.41, 5.74) is 0.325. The average molecular weight is 259 g/mol. The molecular formula is C11H12ClFN2O2. The Morgan fingerprint density at radius 2 is 2.29 bits per heavy atom. The fourth-order valence-corrected chi connectivity index (χ4v) is 1.85. The van der Waals surface area contributed by atoms with E-state index in [1.165, 1.54) is 18.2 Å². The van der Waals surface area contributed by atoms with Crippen molar-refractivity contribution in [3.8, 4) is 0 Å². The van der Waals surface area contributed by atoms with E-state index in [4.69, 9.17) is 16.3 Å². The van der Waals surface area contributed by atoms with Crippen molar-refractivity contribution in [2.45, 2.75) is 12.5 Å². The van der Waals surface area contributed by atoms with Crippen molar-refractivity contribution >= 4 is 23.3 Å². The highest BCUT2D eigenvalue weighted by molar-refractivity contribution is 6.30. The molecule has 0 radical (unpaired) electrons. The molecule has 92 valence electrons. The molecule has 1 aromatic rings. The Kier molecular flexibility index (Phi) is 3.81.